The Morgan fingerprint density at radius 3 is 2.53 bits per heavy atom. The molecule has 1 aliphatic rings. The van der Waals surface area contributed by atoms with Crippen LogP contribution in [0.25, 0.3) is 11.1 Å². The van der Waals surface area contributed by atoms with Crippen LogP contribution in [0.3, 0.4) is 0 Å². The number of nitrogens with one attached hydrogen (secondary N) is 3. The Hall–Kier alpha value is -3.55. The first-order chi connectivity index (χ1) is 16.2. The van der Waals surface area contributed by atoms with Gasteiger partial charge in [-0.3, -0.25) is 9.59 Å². The van der Waals surface area contributed by atoms with E-state index in [0.29, 0.717) is 6.42 Å². The van der Waals surface area contributed by atoms with Crippen molar-refractivity contribution in [2.24, 2.45) is 0 Å². The molecule has 0 saturated heterocycles. The third-order valence-corrected chi connectivity index (χ3v) is 6.06. The van der Waals surface area contributed by atoms with Crippen molar-refractivity contribution in [3.8, 4) is 11.1 Å². The molecule has 0 fully saturated rings. The Morgan fingerprint density at radius 2 is 1.85 bits per heavy atom. The predicted octanol–water partition coefficient (Wildman–Crippen LogP) is 5.82. The molecule has 1 aromatic heterocycles. The number of amides is 1. The molecule has 8 heteroatoms. The first-order valence-electron chi connectivity index (χ1n) is 11.2. The van der Waals surface area contributed by atoms with E-state index in [-0.39, 0.29) is 28.8 Å². The summed E-state index contributed by atoms with van der Waals surface area (Å²) in [6.45, 7) is 4.02. The molecule has 4 rings (SSSR count). The van der Waals surface area contributed by atoms with Crippen LogP contribution in [0.4, 0.5) is 18.9 Å². The molecule has 2 atom stereocenters. The molecular weight excluding hydrogens is 443 g/mol. The predicted molar refractivity (Wildman–Crippen MR) is 126 cm³/mol. The largest absolute Gasteiger partial charge is 0.431 e. The zero-order chi connectivity index (χ0) is 24.5. The number of fused-ring (bicyclic) bond motifs is 1. The van der Waals surface area contributed by atoms with Crippen molar-refractivity contribution in [1.82, 2.24) is 10.3 Å². The average Bonchev–Trinajstić information content (AvgIpc) is 2.79. The third kappa shape index (κ3) is 4.85. The van der Waals surface area contributed by atoms with E-state index in [2.05, 4.69) is 17.6 Å². The van der Waals surface area contributed by atoms with E-state index < -0.39 is 23.3 Å². The van der Waals surface area contributed by atoms with E-state index in [1.54, 1.807) is 18.2 Å². The Labute approximate surface area is 195 Å². The van der Waals surface area contributed by atoms with Crippen molar-refractivity contribution in [2.45, 2.75) is 51.4 Å². The second-order valence-electron chi connectivity index (χ2n) is 8.65. The average molecular weight is 470 g/mol. The summed E-state index contributed by atoms with van der Waals surface area (Å²) in [5.74, 6) is -0.707. The minimum atomic E-state index is -4.78. The summed E-state index contributed by atoms with van der Waals surface area (Å²) >= 11 is 0. The fourth-order valence-electron chi connectivity index (χ4n) is 4.47. The molecule has 0 saturated carbocycles. The lowest BCUT2D eigenvalue weighted by Crippen LogP contribution is -2.39. The van der Waals surface area contributed by atoms with Crippen LogP contribution >= 0.6 is 0 Å². The fourth-order valence-corrected chi connectivity index (χ4v) is 4.47. The van der Waals surface area contributed by atoms with Gasteiger partial charge in [-0.25, -0.2) is 0 Å². The van der Waals surface area contributed by atoms with Gasteiger partial charge < -0.3 is 15.6 Å². The highest BCUT2D eigenvalue weighted by atomic mass is 19.4. The number of anilines is 1. The van der Waals surface area contributed by atoms with Gasteiger partial charge in [-0.2, -0.15) is 13.2 Å². The van der Waals surface area contributed by atoms with Crippen molar-refractivity contribution >= 4 is 11.6 Å². The lowest BCUT2D eigenvalue weighted by Gasteiger charge is -2.34. The lowest BCUT2D eigenvalue weighted by molar-refractivity contribution is -0.140. The smallest absolute Gasteiger partial charge is 0.382 e. The van der Waals surface area contributed by atoms with Crippen molar-refractivity contribution in [3.63, 3.8) is 0 Å². The number of halogens is 3. The summed E-state index contributed by atoms with van der Waals surface area (Å²) < 4.78 is 41.0. The maximum atomic E-state index is 13.7. The normalized spacial score (nSPS) is 17.6. The van der Waals surface area contributed by atoms with Gasteiger partial charge in [-0.1, -0.05) is 61.4 Å². The molecule has 1 amide bonds. The van der Waals surface area contributed by atoms with E-state index in [4.69, 9.17) is 0 Å². The number of aryl methyl sites for hydroxylation is 1. The Morgan fingerprint density at radius 1 is 1.12 bits per heavy atom. The number of aromatic amines is 1. The van der Waals surface area contributed by atoms with E-state index in [1.165, 1.54) is 12.1 Å². The van der Waals surface area contributed by atoms with Crippen molar-refractivity contribution in [1.29, 1.82) is 0 Å². The van der Waals surface area contributed by atoms with Crippen LogP contribution in [0, 0.1) is 6.92 Å². The fraction of sp³-hybridized carbons (Fsp3) is 0.308. The summed E-state index contributed by atoms with van der Waals surface area (Å²) in [6, 6.07) is 14.6. The Kier molecular flexibility index (Phi) is 6.50. The summed E-state index contributed by atoms with van der Waals surface area (Å²) in [7, 11) is 0. The standard InChI is InChI=1S/C26H26F3N3O2/c1-3-7-17-13-22(19-12-15(2)10-11-21(19)30-17)31-24(33)20-14-18(16-8-5-4-6-9-16)23(26(27,28)29)32-25(20)34/h4-6,8-12,14,17,22,30H,3,7,13H2,1-2H3,(H,31,33)(H,32,34)/t17?,22-/m1/s1. The summed E-state index contributed by atoms with van der Waals surface area (Å²) in [5, 5.41) is 6.39. The van der Waals surface area contributed by atoms with Gasteiger partial charge >= 0.3 is 6.18 Å². The molecule has 0 spiro atoms. The zero-order valence-electron chi connectivity index (χ0n) is 18.9. The third-order valence-electron chi connectivity index (χ3n) is 6.06. The molecule has 178 valence electrons. The molecule has 2 heterocycles. The van der Waals surface area contributed by atoms with Crippen LogP contribution in [0.5, 0.6) is 0 Å². The van der Waals surface area contributed by atoms with E-state index in [9.17, 15) is 22.8 Å². The first-order valence-corrected chi connectivity index (χ1v) is 11.2. The monoisotopic (exact) mass is 469 g/mol. The molecule has 1 aliphatic heterocycles. The Bertz CT molecular complexity index is 1250. The topological polar surface area (TPSA) is 74.0 Å². The molecule has 3 aromatic rings. The number of carbonyl (C=O) groups is 1. The highest BCUT2D eigenvalue weighted by Gasteiger charge is 2.36. The molecule has 5 nitrogen and oxygen atoms in total. The van der Waals surface area contributed by atoms with Crippen LogP contribution in [0.15, 0.2) is 59.4 Å². The number of H-pyrrole nitrogens is 1. The van der Waals surface area contributed by atoms with Gasteiger partial charge in [0, 0.05) is 17.3 Å². The highest BCUT2D eigenvalue weighted by Crippen LogP contribution is 2.36. The number of alkyl halides is 3. The summed E-state index contributed by atoms with van der Waals surface area (Å²) in [5.41, 5.74) is 0.228. The van der Waals surface area contributed by atoms with Gasteiger partial charge in [0.25, 0.3) is 11.5 Å². The first kappa shape index (κ1) is 23.6. The molecular formula is C26H26F3N3O2. The molecule has 34 heavy (non-hydrogen) atoms. The SMILES string of the molecule is CCCC1C[C@@H](NC(=O)c2cc(-c3ccccc3)c(C(F)(F)F)[nH]c2=O)c2cc(C)ccc2N1. The van der Waals surface area contributed by atoms with Crippen LogP contribution < -0.4 is 16.2 Å². The van der Waals surface area contributed by atoms with Crippen molar-refractivity contribution in [2.75, 3.05) is 5.32 Å². The van der Waals surface area contributed by atoms with Crippen molar-refractivity contribution in [3.05, 3.63) is 87.3 Å². The number of benzene rings is 2. The highest BCUT2D eigenvalue weighted by molar-refractivity contribution is 5.95. The maximum absolute atomic E-state index is 13.7. The molecule has 2 aromatic carbocycles. The quantitative estimate of drug-likeness (QED) is 0.441. The number of aromatic nitrogens is 1. The molecule has 0 bridgehead atoms. The van der Waals surface area contributed by atoms with Gasteiger partial charge in [0.05, 0.1) is 6.04 Å². The van der Waals surface area contributed by atoms with Gasteiger partial charge in [0.2, 0.25) is 0 Å². The van der Waals surface area contributed by atoms with E-state index >= 15 is 0 Å². The van der Waals surface area contributed by atoms with E-state index in [1.807, 2.05) is 30.1 Å². The Balaban J connectivity index is 1.72. The van der Waals surface area contributed by atoms with Crippen LogP contribution in [0.2, 0.25) is 0 Å². The zero-order valence-corrected chi connectivity index (χ0v) is 18.9. The second-order valence-corrected chi connectivity index (χ2v) is 8.65. The van der Waals surface area contributed by atoms with Crippen LogP contribution in [0.1, 0.15) is 59.4 Å². The summed E-state index contributed by atoms with van der Waals surface area (Å²) in [6.07, 6.45) is -2.31. The minimum Gasteiger partial charge on any atom is -0.382 e. The van der Waals surface area contributed by atoms with Crippen LogP contribution in [-0.2, 0) is 6.18 Å². The minimum absolute atomic E-state index is 0.135. The number of hydrogen-bond donors (Lipinski definition) is 3. The number of hydrogen-bond acceptors (Lipinski definition) is 3. The van der Waals surface area contributed by atoms with E-state index in [0.717, 1.165) is 35.7 Å². The second kappa shape index (κ2) is 9.37. The van der Waals surface area contributed by atoms with Gasteiger partial charge in [-0.15, -0.1) is 0 Å². The molecule has 1 unspecified atom stereocenters. The molecule has 0 aliphatic carbocycles. The van der Waals surface area contributed by atoms with Gasteiger partial charge in [0.1, 0.15) is 11.3 Å². The molecule has 3 N–H and O–H groups in total. The van der Waals surface area contributed by atoms with Crippen molar-refractivity contribution < 1.29 is 18.0 Å². The summed E-state index contributed by atoms with van der Waals surface area (Å²) in [4.78, 5) is 27.7. The van der Waals surface area contributed by atoms with Gasteiger partial charge in [0.15, 0.2) is 0 Å². The van der Waals surface area contributed by atoms with Gasteiger partial charge in [-0.05, 0) is 43.0 Å². The lowest BCUT2D eigenvalue weighted by atomic mass is 9.89. The maximum Gasteiger partial charge on any atom is 0.431 e. The number of pyridine rings is 1. The number of carbonyl (C=O) groups excluding carboxylic acids is 1. The van der Waals surface area contributed by atoms with Crippen LogP contribution in [-0.4, -0.2) is 16.9 Å². The number of rotatable bonds is 5. The molecule has 0 radical (unpaired) electrons.